The van der Waals surface area contributed by atoms with Gasteiger partial charge in [0.05, 0.1) is 12.0 Å². The van der Waals surface area contributed by atoms with Crippen molar-refractivity contribution in [2.45, 2.75) is 11.1 Å². The summed E-state index contributed by atoms with van der Waals surface area (Å²) in [4.78, 5) is 11.2. The number of rotatable bonds is 4. The number of thioether (sulfide) groups is 1. The van der Waals surface area contributed by atoms with Crippen LogP contribution in [0.25, 0.3) is 0 Å². The number of nitrogens with zero attached hydrogens (tertiary/aromatic N) is 3. The molecule has 18 heavy (non-hydrogen) atoms. The van der Waals surface area contributed by atoms with Crippen LogP contribution in [0.3, 0.4) is 0 Å². The van der Waals surface area contributed by atoms with Gasteiger partial charge in [0.25, 0.3) is 0 Å². The topological polar surface area (TPSA) is 74.5 Å². The van der Waals surface area contributed by atoms with Gasteiger partial charge >= 0.3 is 5.69 Å². The number of nitrogens with one attached hydrogen (secondary N) is 1. The van der Waals surface area contributed by atoms with Crippen LogP contribution in [-0.2, 0) is 7.05 Å². The van der Waals surface area contributed by atoms with Gasteiger partial charge in [-0.2, -0.15) is 5.26 Å². The lowest BCUT2D eigenvalue weighted by molar-refractivity contribution is 0.764. The molecule has 0 bridgehead atoms. The van der Waals surface area contributed by atoms with Crippen molar-refractivity contribution in [3.05, 3.63) is 46.4 Å². The molecule has 1 aromatic heterocycles. The van der Waals surface area contributed by atoms with Crippen LogP contribution in [-0.4, -0.2) is 20.5 Å². The van der Waals surface area contributed by atoms with E-state index in [0.29, 0.717) is 10.9 Å². The zero-order chi connectivity index (χ0) is 13.0. The van der Waals surface area contributed by atoms with E-state index in [1.54, 1.807) is 7.05 Å². The first-order valence-corrected chi connectivity index (χ1v) is 6.39. The van der Waals surface area contributed by atoms with E-state index in [-0.39, 0.29) is 11.6 Å². The van der Waals surface area contributed by atoms with Gasteiger partial charge in [-0.15, -0.1) is 5.10 Å². The fourth-order valence-electron chi connectivity index (χ4n) is 1.51. The van der Waals surface area contributed by atoms with Crippen LogP contribution in [0, 0.1) is 11.3 Å². The maximum absolute atomic E-state index is 11.2. The number of benzene rings is 1. The van der Waals surface area contributed by atoms with Gasteiger partial charge < -0.3 is 0 Å². The Kier molecular flexibility index (Phi) is 3.85. The summed E-state index contributed by atoms with van der Waals surface area (Å²) in [5.41, 5.74) is 0.735. The summed E-state index contributed by atoms with van der Waals surface area (Å²) in [6.45, 7) is 0. The van der Waals surface area contributed by atoms with Gasteiger partial charge in [-0.1, -0.05) is 42.1 Å². The highest BCUT2D eigenvalue weighted by Gasteiger charge is 2.13. The summed E-state index contributed by atoms with van der Waals surface area (Å²) >= 11 is 1.39. The second-order valence-corrected chi connectivity index (χ2v) is 4.76. The lowest BCUT2D eigenvalue weighted by Crippen LogP contribution is -2.13. The zero-order valence-corrected chi connectivity index (χ0v) is 10.6. The molecule has 2 rings (SSSR count). The van der Waals surface area contributed by atoms with E-state index in [1.165, 1.54) is 16.3 Å². The van der Waals surface area contributed by atoms with Crippen LogP contribution in [0.2, 0.25) is 0 Å². The first-order valence-electron chi connectivity index (χ1n) is 5.41. The third kappa shape index (κ3) is 2.63. The molecular formula is C12H12N4OS. The summed E-state index contributed by atoms with van der Waals surface area (Å²) in [6, 6.07) is 11.9. The average molecular weight is 260 g/mol. The van der Waals surface area contributed by atoms with Gasteiger partial charge in [0.15, 0.2) is 5.16 Å². The first kappa shape index (κ1) is 12.5. The molecule has 1 N–H and O–H groups in total. The van der Waals surface area contributed by atoms with Crippen molar-refractivity contribution in [3.8, 4) is 6.07 Å². The summed E-state index contributed by atoms with van der Waals surface area (Å²) < 4.78 is 1.43. The molecule has 92 valence electrons. The molecule has 2 aromatic rings. The van der Waals surface area contributed by atoms with Crippen molar-refractivity contribution >= 4 is 11.8 Å². The van der Waals surface area contributed by atoms with Gasteiger partial charge in [-0.25, -0.2) is 9.89 Å². The molecule has 0 spiro atoms. The summed E-state index contributed by atoms with van der Waals surface area (Å²) in [5, 5.41) is 16.0. The Bertz CT molecular complexity index is 611. The highest BCUT2D eigenvalue weighted by Crippen LogP contribution is 2.23. The van der Waals surface area contributed by atoms with E-state index in [9.17, 15) is 10.1 Å². The van der Waals surface area contributed by atoms with Crippen molar-refractivity contribution in [3.63, 3.8) is 0 Å². The highest BCUT2D eigenvalue weighted by atomic mass is 32.2. The Labute approximate surface area is 108 Å². The van der Waals surface area contributed by atoms with Gasteiger partial charge in [0, 0.05) is 12.8 Å². The Morgan fingerprint density at radius 3 is 2.78 bits per heavy atom. The SMILES string of the molecule is Cn1c(SCC(C#N)c2ccccc2)n[nH]c1=O. The van der Waals surface area contributed by atoms with Crippen molar-refractivity contribution in [2.24, 2.45) is 7.05 Å². The number of H-pyrrole nitrogens is 1. The lowest BCUT2D eigenvalue weighted by Gasteiger charge is -2.07. The van der Waals surface area contributed by atoms with Crippen LogP contribution >= 0.6 is 11.8 Å². The minimum absolute atomic E-state index is 0.206. The summed E-state index contributed by atoms with van der Waals surface area (Å²) in [7, 11) is 1.65. The van der Waals surface area contributed by atoms with E-state index in [2.05, 4.69) is 16.3 Å². The van der Waals surface area contributed by atoms with E-state index in [1.807, 2.05) is 30.3 Å². The molecule has 1 unspecified atom stereocenters. The molecule has 0 radical (unpaired) electrons. The fraction of sp³-hybridized carbons (Fsp3) is 0.250. The van der Waals surface area contributed by atoms with Gasteiger partial charge in [-0.3, -0.25) is 4.57 Å². The number of hydrogen-bond donors (Lipinski definition) is 1. The number of aromatic nitrogens is 3. The van der Waals surface area contributed by atoms with Gasteiger partial charge in [-0.05, 0) is 5.56 Å². The maximum atomic E-state index is 11.2. The monoisotopic (exact) mass is 260 g/mol. The minimum Gasteiger partial charge on any atom is -0.273 e. The normalized spacial score (nSPS) is 12.0. The Hall–Kier alpha value is -2.00. The quantitative estimate of drug-likeness (QED) is 0.845. The second kappa shape index (κ2) is 5.56. The molecule has 0 fully saturated rings. The van der Waals surface area contributed by atoms with Crippen LogP contribution in [0.4, 0.5) is 0 Å². The van der Waals surface area contributed by atoms with Crippen molar-refractivity contribution in [1.82, 2.24) is 14.8 Å². The second-order valence-electron chi connectivity index (χ2n) is 3.77. The number of hydrogen-bond acceptors (Lipinski definition) is 4. The molecule has 0 aliphatic heterocycles. The third-order valence-corrected chi connectivity index (χ3v) is 3.70. The predicted octanol–water partition coefficient (Wildman–Crippen LogP) is 1.51. The van der Waals surface area contributed by atoms with Crippen LogP contribution in [0.5, 0.6) is 0 Å². The van der Waals surface area contributed by atoms with Crippen LogP contribution < -0.4 is 5.69 Å². The molecule has 0 aliphatic carbocycles. The molecule has 1 atom stereocenters. The van der Waals surface area contributed by atoms with E-state index < -0.39 is 0 Å². The molecule has 0 saturated heterocycles. The largest absolute Gasteiger partial charge is 0.343 e. The summed E-state index contributed by atoms with van der Waals surface area (Å²) in [6.07, 6.45) is 0. The number of nitriles is 1. The Morgan fingerprint density at radius 1 is 1.50 bits per heavy atom. The molecule has 5 nitrogen and oxygen atoms in total. The van der Waals surface area contributed by atoms with Gasteiger partial charge in [0.1, 0.15) is 0 Å². The Morgan fingerprint density at radius 2 is 2.22 bits per heavy atom. The molecular weight excluding hydrogens is 248 g/mol. The standard InChI is InChI=1S/C12H12N4OS/c1-16-11(17)14-15-12(16)18-8-10(7-13)9-5-3-2-4-6-9/h2-6,10H,8H2,1H3,(H,14,17). The van der Waals surface area contributed by atoms with Gasteiger partial charge in [0.2, 0.25) is 0 Å². The van der Waals surface area contributed by atoms with Crippen LogP contribution in [0.15, 0.2) is 40.3 Å². The first-order chi connectivity index (χ1) is 8.72. The Balaban J connectivity index is 2.07. The molecule has 0 saturated carbocycles. The molecule has 0 aliphatic rings. The van der Waals surface area contributed by atoms with Crippen molar-refractivity contribution in [1.29, 1.82) is 5.26 Å². The highest BCUT2D eigenvalue weighted by molar-refractivity contribution is 7.99. The minimum atomic E-state index is -0.245. The molecule has 1 aromatic carbocycles. The van der Waals surface area contributed by atoms with E-state index in [0.717, 1.165) is 5.56 Å². The predicted molar refractivity (Wildman–Crippen MR) is 69.3 cm³/mol. The summed E-state index contributed by atoms with van der Waals surface area (Å²) in [5.74, 6) is 0.363. The molecule has 0 amide bonds. The van der Waals surface area contributed by atoms with E-state index in [4.69, 9.17) is 0 Å². The molecule has 1 heterocycles. The maximum Gasteiger partial charge on any atom is 0.343 e. The fourth-order valence-corrected chi connectivity index (χ4v) is 2.48. The third-order valence-electron chi connectivity index (χ3n) is 2.58. The molecule has 6 heteroatoms. The van der Waals surface area contributed by atoms with Crippen molar-refractivity contribution < 1.29 is 0 Å². The van der Waals surface area contributed by atoms with Crippen LogP contribution in [0.1, 0.15) is 11.5 Å². The van der Waals surface area contributed by atoms with Crippen molar-refractivity contribution in [2.75, 3.05) is 5.75 Å². The smallest absolute Gasteiger partial charge is 0.273 e. The average Bonchev–Trinajstić information content (AvgIpc) is 2.72. The lowest BCUT2D eigenvalue weighted by atomic mass is 10.0. The number of aromatic amines is 1. The van der Waals surface area contributed by atoms with E-state index >= 15 is 0 Å². The zero-order valence-electron chi connectivity index (χ0n) is 9.83.